The Kier molecular flexibility index (Phi) is 3.87. The second kappa shape index (κ2) is 5.17. The molecule has 2 amide bonds. The van der Waals surface area contributed by atoms with E-state index in [2.05, 4.69) is 15.2 Å². The quantitative estimate of drug-likeness (QED) is 0.346. The Hall–Kier alpha value is -2.58. The first-order valence-electron chi connectivity index (χ1n) is 4.86. The highest BCUT2D eigenvalue weighted by Gasteiger charge is 2.26. The summed E-state index contributed by atoms with van der Waals surface area (Å²) >= 11 is 0. The minimum atomic E-state index is -0.678. The third-order valence-corrected chi connectivity index (χ3v) is 2.08. The molecule has 0 aromatic carbocycles. The van der Waals surface area contributed by atoms with Crippen LogP contribution in [0.15, 0.2) is 11.2 Å². The second-order valence-corrected chi connectivity index (χ2v) is 3.41. The molecule has 9 heteroatoms. The van der Waals surface area contributed by atoms with Crippen LogP contribution in [0.5, 0.6) is 0 Å². The summed E-state index contributed by atoms with van der Waals surface area (Å²) in [7, 11) is 1.35. The summed E-state index contributed by atoms with van der Waals surface area (Å²) in [5, 5.41) is 16.7. The molecule has 18 heavy (non-hydrogen) atoms. The summed E-state index contributed by atoms with van der Waals surface area (Å²) in [6.07, 6.45) is 1.05. The lowest BCUT2D eigenvalue weighted by Gasteiger charge is -2.14. The van der Waals surface area contributed by atoms with E-state index in [0.29, 0.717) is 0 Å². The predicted molar refractivity (Wildman–Crippen MR) is 60.9 cm³/mol. The summed E-state index contributed by atoms with van der Waals surface area (Å²) < 4.78 is 0. The molecule has 0 spiro atoms. The first-order valence-corrected chi connectivity index (χ1v) is 4.86. The lowest BCUT2D eigenvalue weighted by molar-refractivity contribution is -0.385. The van der Waals surface area contributed by atoms with Gasteiger partial charge in [0.05, 0.1) is 4.92 Å². The third kappa shape index (κ3) is 2.75. The van der Waals surface area contributed by atoms with Gasteiger partial charge in [-0.05, 0) is 0 Å². The van der Waals surface area contributed by atoms with E-state index in [4.69, 9.17) is 0 Å². The van der Waals surface area contributed by atoms with Crippen LogP contribution < -0.4 is 0 Å². The van der Waals surface area contributed by atoms with E-state index in [0.717, 1.165) is 11.1 Å². The Morgan fingerprint density at radius 2 is 2.11 bits per heavy atom. The molecule has 0 saturated heterocycles. The van der Waals surface area contributed by atoms with E-state index >= 15 is 0 Å². The Morgan fingerprint density at radius 1 is 1.50 bits per heavy atom. The van der Waals surface area contributed by atoms with Gasteiger partial charge in [-0.2, -0.15) is 10.1 Å². The van der Waals surface area contributed by atoms with Crippen molar-refractivity contribution in [1.29, 1.82) is 0 Å². The summed E-state index contributed by atoms with van der Waals surface area (Å²) in [6, 6.07) is 0. The zero-order valence-electron chi connectivity index (χ0n) is 10.00. The van der Waals surface area contributed by atoms with E-state index in [1.807, 2.05) is 0 Å². The van der Waals surface area contributed by atoms with Gasteiger partial charge in [-0.15, -0.1) is 0 Å². The van der Waals surface area contributed by atoms with Gasteiger partial charge in [0.2, 0.25) is 17.5 Å². The molecule has 0 bridgehead atoms. The van der Waals surface area contributed by atoms with E-state index in [-0.39, 0.29) is 17.2 Å². The average Bonchev–Trinajstić information content (AvgIpc) is 2.73. The molecule has 1 N–H and O–H groups in total. The minimum absolute atomic E-state index is 0.159. The zero-order chi connectivity index (χ0) is 13.9. The average molecular weight is 253 g/mol. The molecule has 0 radical (unpaired) electrons. The van der Waals surface area contributed by atoms with Crippen molar-refractivity contribution in [3.8, 4) is 0 Å². The fraction of sp³-hybridized carbons (Fsp3) is 0.333. The molecule has 0 aliphatic rings. The number of hydrogen-bond donors (Lipinski definition) is 1. The molecule has 9 nitrogen and oxygen atoms in total. The maximum absolute atomic E-state index is 11.3. The number of amidine groups is 1. The van der Waals surface area contributed by atoms with Crippen LogP contribution in [0, 0.1) is 10.1 Å². The molecular weight excluding hydrogens is 242 g/mol. The first-order chi connectivity index (χ1) is 8.34. The second-order valence-electron chi connectivity index (χ2n) is 3.41. The maximum atomic E-state index is 11.3. The SMILES string of the molecule is CC(=O)/N=C(\c1n[nH]cc1[N+](=O)[O-])N(C)C(C)=O. The van der Waals surface area contributed by atoms with Crippen molar-refractivity contribution < 1.29 is 14.5 Å². The van der Waals surface area contributed by atoms with Gasteiger partial charge >= 0.3 is 5.69 Å². The normalized spacial score (nSPS) is 11.2. The number of aromatic nitrogens is 2. The van der Waals surface area contributed by atoms with Gasteiger partial charge < -0.3 is 0 Å². The van der Waals surface area contributed by atoms with Crippen LogP contribution in [-0.2, 0) is 9.59 Å². The van der Waals surface area contributed by atoms with E-state index in [9.17, 15) is 19.7 Å². The Morgan fingerprint density at radius 3 is 2.56 bits per heavy atom. The first kappa shape index (κ1) is 13.5. The number of aliphatic imine (C=N–C) groups is 1. The molecule has 0 saturated carbocycles. The van der Waals surface area contributed by atoms with Crippen LogP contribution in [-0.4, -0.2) is 44.7 Å². The van der Waals surface area contributed by atoms with Crippen LogP contribution in [0.4, 0.5) is 5.69 Å². The summed E-state index contributed by atoms with van der Waals surface area (Å²) in [4.78, 5) is 37.0. The molecule has 96 valence electrons. The largest absolute Gasteiger partial charge is 0.317 e. The van der Waals surface area contributed by atoms with Crippen molar-refractivity contribution in [2.75, 3.05) is 7.05 Å². The van der Waals surface area contributed by atoms with Crippen LogP contribution in [0.25, 0.3) is 0 Å². The molecule has 0 atom stereocenters. The molecule has 0 unspecified atom stereocenters. The van der Waals surface area contributed by atoms with E-state index < -0.39 is 16.7 Å². The number of carbonyl (C=O) groups excluding carboxylic acids is 2. The zero-order valence-corrected chi connectivity index (χ0v) is 10.00. The summed E-state index contributed by atoms with van der Waals surface area (Å²) in [6.45, 7) is 2.42. The molecule has 1 aromatic rings. The number of H-pyrrole nitrogens is 1. The number of nitrogens with zero attached hydrogens (tertiary/aromatic N) is 4. The molecule has 1 aromatic heterocycles. The number of hydrogen-bond acceptors (Lipinski definition) is 5. The van der Waals surface area contributed by atoms with E-state index in [1.54, 1.807) is 0 Å². The monoisotopic (exact) mass is 253 g/mol. The van der Waals surface area contributed by atoms with E-state index in [1.165, 1.54) is 20.9 Å². The Bertz CT molecular complexity index is 533. The molecule has 0 fully saturated rings. The van der Waals surface area contributed by atoms with Crippen molar-refractivity contribution >= 4 is 23.3 Å². The highest BCUT2D eigenvalue weighted by atomic mass is 16.6. The van der Waals surface area contributed by atoms with Gasteiger partial charge in [0.1, 0.15) is 6.20 Å². The van der Waals surface area contributed by atoms with Crippen molar-refractivity contribution in [3.63, 3.8) is 0 Å². The van der Waals surface area contributed by atoms with Crippen molar-refractivity contribution in [2.24, 2.45) is 4.99 Å². The van der Waals surface area contributed by atoms with Crippen molar-refractivity contribution in [3.05, 3.63) is 22.0 Å². The minimum Gasteiger partial charge on any atom is -0.298 e. The van der Waals surface area contributed by atoms with Crippen LogP contribution in [0.1, 0.15) is 19.5 Å². The lowest BCUT2D eigenvalue weighted by atomic mass is 10.3. The lowest BCUT2D eigenvalue weighted by Crippen LogP contribution is -2.33. The predicted octanol–water partition coefficient (Wildman–Crippen LogP) is 0.0893. The van der Waals surface area contributed by atoms with Crippen LogP contribution in [0.2, 0.25) is 0 Å². The highest BCUT2D eigenvalue weighted by molar-refractivity contribution is 6.11. The van der Waals surface area contributed by atoms with Gasteiger partial charge in [-0.3, -0.25) is 29.7 Å². The molecule has 1 rings (SSSR count). The fourth-order valence-electron chi connectivity index (χ4n) is 1.17. The third-order valence-electron chi connectivity index (χ3n) is 2.08. The van der Waals surface area contributed by atoms with Crippen molar-refractivity contribution in [2.45, 2.75) is 13.8 Å². The summed E-state index contributed by atoms with van der Waals surface area (Å²) in [5.74, 6) is -1.18. The van der Waals surface area contributed by atoms with Gasteiger partial charge in [0.25, 0.3) is 0 Å². The standard InChI is InChI=1S/C9H11N5O4/c1-5(15)11-9(13(3)6(2)16)8-7(14(17)18)4-10-12-8/h4H,1-3H3,(H,10,12)/b11-9+. The number of nitrogens with one attached hydrogen (secondary N) is 1. The van der Waals surface area contributed by atoms with Gasteiger partial charge in [-0.25, -0.2) is 0 Å². The smallest absolute Gasteiger partial charge is 0.298 e. The highest BCUT2D eigenvalue weighted by Crippen LogP contribution is 2.17. The topological polar surface area (TPSA) is 122 Å². The Balaban J connectivity index is 3.35. The molecule has 0 aliphatic heterocycles. The number of rotatable bonds is 2. The fourth-order valence-corrected chi connectivity index (χ4v) is 1.17. The number of aromatic amines is 1. The number of nitro groups is 1. The molecular formula is C9H11N5O4. The number of amides is 2. The maximum Gasteiger partial charge on any atom is 0.317 e. The van der Waals surface area contributed by atoms with Crippen LogP contribution >= 0.6 is 0 Å². The van der Waals surface area contributed by atoms with Gasteiger partial charge in [-0.1, -0.05) is 0 Å². The molecule has 1 heterocycles. The van der Waals surface area contributed by atoms with Gasteiger partial charge in [0.15, 0.2) is 5.84 Å². The van der Waals surface area contributed by atoms with Crippen LogP contribution in [0.3, 0.4) is 0 Å². The Labute approximate surface area is 102 Å². The molecule has 0 aliphatic carbocycles. The van der Waals surface area contributed by atoms with Gasteiger partial charge in [0, 0.05) is 20.9 Å². The summed E-state index contributed by atoms with van der Waals surface area (Å²) in [5.41, 5.74) is -0.518. The van der Waals surface area contributed by atoms with Crippen molar-refractivity contribution in [1.82, 2.24) is 15.1 Å². The number of carbonyl (C=O) groups is 2.